The third kappa shape index (κ3) is 4.52. The van der Waals surface area contributed by atoms with Crippen molar-refractivity contribution in [1.82, 2.24) is 10.6 Å². The van der Waals surface area contributed by atoms with E-state index in [1.807, 2.05) is 0 Å². The molecule has 1 aliphatic rings. The van der Waals surface area contributed by atoms with E-state index >= 15 is 0 Å². The fraction of sp³-hybridized carbons (Fsp3) is 0.500. The zero-order valence-electron chi connectivity index (χ0n) is 10.9. The molecule has 4 nitrogen and oxygen atoms in total. The van der Waals surface area contributed by atoms with E-state index in [4.69, 9.17) is 0 Å². The number of rotatable bonds is 4. The summed E-state index contributed by atoms with van der Waals surface area (Å²) in [6.45, 7) is 1.66. The van der Waals surface area contributed by atoms with Crippen LogP contribution in [0.4, 0.5) is 14.9 Å². The smallest absolute Gasteiger partial charge is 0.319 e. The van der Waals surface area contributed by atoms with E-state index in [2.05, 4.69) is 16.0 Å². The molecule has 1 atom stereocenters. The Bertz CT molecular complexity index is 419. The van der Waals surface area contributed by atoms with Gasteiger partial charge in [-0.3, -0.25) is 0 Å². The molecule has 0 radical (unpaired) electrons. The summed E-state index contributed by atoms with van der Waals surface area (Å²) in [6, 6.07) is 6.26. The molecule has 3 N–H and O–H groups in total. The topological polar surface area (TPSA) is 53.2 Å². The number of carbonyl (C=O) groups excluding carboxylic acids is 1. The van der Waals surface area contributed by atoms with Crippen LogP contribution in [0.15, 0.2) is 24.3 Å². The molecule has 0 aromatic heterocycles. The van der Waals surface area contributed by atoms with Crippen molar-refractivity contribution in [2.45, 2.75) is 31.7 Å². The number of piperidine rings is 1. The largest absolute Gasteiger partial charge is 0.338 e. The summed E-state index contributed by atoms with van der Waals surface area (Å²) in [6.07, 6.45) is 4.55. The molecule has 0 aliphatic carbocycles. The number of anilines is 1. The SMILES string of the molecule is O=C(NCCC1CCCCN1)Nc1ccccc1F. The molecule has 1 aromatic rings. The van der Waals surface area contributed by atoms with Gasteiger partial charge in [0.1, 0.15) is 5.82 Å². The third-order valence-electron chi connectivity index (χ3n) is 3.31. The van der Waals surface area contributed by atoms with Gasteiger partial charge in [-0.25, -0.2) is 9.18 Å². The number of hydrogen-bond donors (Lipinski definition) is 3. The third-order valence-corrected chi connectivity index (χ3v) is 3.31. The second-order valence-corrected chi connectivity index (χ2v) is 4.80. The lowest BCUT2D eigenvalue weighted by Crippen LogP contribution is -2.38. The maximum absolute atomic E-state index is 13.3. The van der Waals surface area contributed by atoms with Gasteiger partial charge in [0, 0.05) is 12.6 Å². The summed E-state index contributed by atoms with van der Waals surface area (Å²) in [5.41, 5.74) is 0.204. The Hall–Kier alpha value is -1.62. The van der Waals surface area contributed by atoms with E-state index in [0.29, 0.717) is 12.6 Å². The zero-order chi connectivity index (χ0) is 13.5. The number of carbonyl (C=O) groups is 1. The number of para-hydroxylation sites is 1. The average Bonchev–Trinajstić information content (AvgIpc) is 2.43. The lowest BCUT2D eigenvalue weighted by molar-refractivity contribution is 0.251. The van der Waals surface area contributed by atoms with Gasteiger partial charge in [-0.15, -0.1) is 0 Å². The van der Waals surface area contributed by atoms with E-state index < -0.39 is 5.82 Å². The van der Waals surface area contributed by atoms with Crippen LogP contribution in [0.1, 0.15) is 25.7 Å². The fourth-order valence-electron chi connectivity index (χ4n) is 2.26. The van der Waals surface area contributed by atoms with Crippen LogP contribution < -0.4 is 16.0 Å². The van der Waals surface area contributed by atoms with Gasteiger partial charge in [0.05, 0.1) is 5.69 Å². The van der Waals surface area contributed by atoms with Crippen molar-refractivity contribution >= 4 is 11.7 Å². The number of amides is 2. The van der Waals surface area contributed by atoms with E-state index in [0.717, 1.165) is 19.4 Å². The maximum atomic E-state index is 13.3. The highest BCUT2D eigenvalue weighted by molar-refractivity contribution is 5.89. The lowest BCUT2D eigenvalue weighted by atomic mass is 10.0. The van der Waals surface area contributed by atoms with Gasteiger partial charge in [0.15, 0.2) is 0 Å². The predicted molar refractivity (Wildman–Crippen MR) is 73.7 cm³/mol. The molecule has 2 amide bonds. The highest BCUT2D eigenvalue weighted by Gasteiger charge is 2.12. The monoisotopic (exact) mass is 265 g/mol. The zero-order valence-corrected chi connectivity index (χ0v) is 10.9. The summed E-state index contributed by atoms with van der Waals surface area (Å²) in [5.74, 6) is -0.424. The number of nitrogens with one attached hydrogen (secondary N) is 3. The quantitative estimate of drug-likeness (QED) is 0.783. The van der Waals surface area contributed by atoms with Crippen molar-refractivity contribution in [3.8, 4) is 0 Å². The van der Waals surface area contributed by atoms with Crippen molar-refractivity contribution in [2.75, 3.05) is 18.4 Å². The van der Waals surface area contributed by atoms with Crippen LogP contribution in [0.3, 0.4) is 0 Å². The van der Waals surface area contributed by atoms with Gasteiger partial charge in [-0.2, -0.15) is 0 Å². The van der Waals surface area contributed by atoms with E-state index in [1.54, 1.807) is 12.1 Å². The molecular weight excluding hydrogens is 245 g/mol. The van der Waals surface area contributed by atoms with Gasteiger partial charge < -0.3 is 16.0 Å². The van der Waals surface area contributed by atoms with Gasteiger partial charge in [0.25, 0.3) is 0 Å². The number of halogens is 1. The molecule has 1 heterocycles. The molecule has 2 rings (SSSR count). The van der Waals surface area contributed by atoms with Gasteiger partial charge in [-0.05, 0) is 37.9 Å². The lowest BCUT2D eigenvalue weighted by Gasteiger charge is -2.23. The maximum Gasteiger partial charge on any atom is 0.319 e. The minimum atomic E-state index is -0.424. The van der Waals surface area contributed by atoms with Gasteiger partial charge in [-0.1, -0.05) is 18.6 Å². The highest BCUT2D eigenvalue weighted by atomic mass is 19.1. The minimum absolute atomic E-state index is 0.204. The standard InChI is InChI=1S/C14H20FN3O/c15-12-6-1-2-7-13(12)18-14(19)17-10-8-11-5-3-4-9-16-11/h1-2,6-7,11,16H,3-5,8-10H2,(H2,17,18,19). The van der Waals surface area contributed by atoms with Gasteiger partial charge in [0.2, 0.25) is 0 Å². The number of benzene rings is 1. The van der Waals surface area contributed by atoms with E-state index in [1.165, 1.54) is 25.0 Å². The van der Waals surface area contributed by atoms with Crippen molar-refractivity contribution in [3.05, 3.63) is 30.1 Å². The Morgan fingerprint density at radius 1 is 1.37 bits per heavy atom. The van der Waals surface area contributed by atoms with Crippen LogP contribution in [-0.4, -0.2) is 25.2 Å². The molecule has 1 aromatic carbocycles. The summed E-state index contributed by atoms with van der Waals surface area (Å²) >= 11 is 0. The summed E-state index contributed by atoms with van der Waals surface area (Å²) in [4.78, 5) is 11.6. The summed E-state index contributed by atoms with van der Waals surface area (Å²) in [5, 5.41) is 8.67. The normalized spacial score (nSPS) is 18.9. The molecule has 0 spiro atoms. The molecule has 1 fully saturated rings. The van der Waals surface area contributed by atoms with Gasteiger partial charge >= 0.3 is 6.03 Å². The summed E-state index contributed by atoms with van der Waals surface area (Å²) in [7, 11) is 0. The predicted octanol–water partition coefficient (Wildman–Crippen LogP) is 2.48. The van der Waals surface area contributed by atoms with Crippen LogP contribution in [0.25, 0.3) is 0 Å². The molecule has 104 valence electrons. The van der Waals surface area contributed by atoms with Crippen molar-refractivity contribution in [2.24, 2.45) is 0 Å². The van der Waals surface area contributed by atoms with Crippen LogP contribution in [0.2, 0.25) is 0 Å². The molecule has 5 heteroatoms. The average molecular weight is 265 g/mol. The van der Waals surface area contributed by atoms with Crippen molar-refractivity contribution < 1.29 is 9.18 Å². The molecule has 1 saturated heterocycles. The van der Waals surface area contributed by atoms with Crippen molar-refractivity contribution in [3.63, 3.8) is 0 Å². The molecule has 0 bridgehead atoms. The Balaban J connectivity index is 1.68. The Morgan fingerprint density at radius 3 is 2.95 bits per heavy atom. The van der Waals surface area contributed by atoms with Crippen LogP contribution >= 0.6 is 0 Å². The molecule has 0 saturated carbocycles. The summed E-state index contributed by atoms with van der Waals surface area (Å²) < 4.78 is 13.3. The second kappa shape index (κ2) is 7.09. The second-order valence-electron chi connectivity index (χ2n) is 4.80. The molecule has 1 aliphatic heterocycles. The first-order valence-corrected chi connectivity index (χ1v) is 6.78. The first-order valence-electron chi connectivity index (χ1n) is 6.78. The Labute approximate surface area is 112 Å². The first-order chi connectivity index (χ1) is 9.25. The molecule has 1 unspecified atom stereocenters. The van der Waals surface area contributed by atoms with Crippen LogP contribution in [0, 0.1) is 5.82 Å². The Kier molecular flexibility index (Phi) is 5.15. The number of urea groups is 1. The molecular formula is C14H20FN3O. The Morgan fingerprint density at radius 2 is 2.21 bits per heavy atom. The first kappa shape index (κ1) is 13.8. The van der Waals surface area contributed by atoms with Crippen LogP contribution in [-0.2, 0) is 0 Å². The minimum Gasteiger partial charge on any atom is -0.338 e. The van der Waals surface area contributed by atoms with Crippen molar-refractivity contribution in [1.29, 1.82) is 0 Å². The fourth-order valence-corrected chi connectivity index (χ4v) is 2.26. The van der Waals surface area contributed by atoms with E-state index in [9.17, 15) is 9.18 Å². The van der Waals surface area contributed by atoms with Crippen LogP contribution in [0.5, 0.6) is 0 Å². The van der Waals surface area contributed by atoms with E-state index in [-0.39, 0.29) is 11.7 Å². The number of hydrogen-bond acceptors (Lipinski definition) is 2. The molecule has 19 heavy (non-hydrogen) atoms. The highest BCUT2D eigenvalue weighted by Crippen LogP contribution is 2.12.